The van der Waals surface area contributed by atoms with Gasteiger partial charge in [0.05, 0.1) is 6.10 Å². The summed E-state index contributed by atoms with van der Waals surface area (Å²) in [6, 6.07) is 1.86. The van der Waals surface area contributed by atoms with Crippen LogP contribution in [0.4, 0.5) is 0 Å². The maximum atomic E-state index is 10.0. The quantitative estimate of drug-likeness (QED) is 0.871. The van der Waals surface area contributed by atoms with Crippen molar-refractivity contribution in [1.82, 2.24) is 4.98 Å². The Morgan fingerprint density at radius 3 is 2.71 bits per heavy atom. The van der Waals surface area contributed by atoms with E-state index in [9.17, 15) is 5.11 Å². The number of hydrogen-bond acceptors (Lipinski definition) is 3. The molecule has 0 bridgehead atoms. The molecule has 1 heterocycles. The molecule has 0 aromatic carbocycles. The van der Waals surface area contributed by atoms with Crippen LogP contribution < -0.4 is 5.73 Å². The topological polar surface area (TPSA) is 59.1 Å². The number of rotatable bonds is 3. The normalized spacial score (nSPS) is 14.1. The number of aliphatic hydroxyl groups excluding tert-OH is 1. The second-order valence-electron chi connectivity index (χ2n) is 4.03. The SMILES string of the molecule is CC(C)(CN)C(O)c1cncc(Br)c1. The molecule has 1 aromatic heterocycles. The maximum absolute atomic E-state index is 10.0. The number of aliphatic hydroxyl groups is 1. The molecular weight excluding hydrogens is 244 g/mol. The first-order chi connectivity index (χ1) is 6.47. The van der Waals surface area contributed by atoms with Crippen molar-refractivity contribution in [2.45, 2.75) is 20.0 Å². The second-order valence-corrected chi connectivity index (χ2v) is 4.95. The van der Waals surface area contributed by atoms with Crippen molar-refractivity contribution in [2.75, 3.05) is 6.54 Å². The van der Waals surface area contributed by atoms with Gasteiger partial charge < -0.3 is 10.8 Å². The molecule has 0 saturated carbocycles. The zero-order valence-corrected chi connectivity index (χ0v) is 9.95. The number of pyridine rings is 1. The van der Waals surface area contributed by atoms with Crippen LogP contribution in [-0.2, 0) is 0 Å². The van der Waals surface area contributed by atoms with Crippen molar-refractivity contribution in [1.29, 1.82) is 0 Å². The van der Waals surface area contributed by atoms with Crippen molar-refractivity contribution in [3.05, 3.63) is 28.5 Å². The van der Waals surface area contributed by atoms with E-state index in [0.29, 0.717) is 6.54 Å². The molecule has 0 radical (unpaired) electrons. The lowest BCUT2D eigenvalue weighted by Gasteiger charge is -2.29. The average molecular weight is 259 g/mol. The second kappa shape index (κ2) is 4.38. The Kier molecular flexibility index (Phi) is 3.64. The molecule has 0 aliphatic heterocycles. The molecule has 1 atom stereocenters. The third kappa shape index (κ3) is 2.53. The standard InChI is InChI=1S/C10H15BrN2O/c1-10(2,6-12)9(14)7-3-8(11)5-13-4-7/h3-5,9,14H,6,12H2,1-2H3. The molecular formula is C10H15BrN2O. The van der Waals surface area contributed by atoms with Crippen molar-refractivity contribution >= 4 is 15.9 Å². The molecule has 0 amide bonds. The monoisotopic (exact) mass is 258 g/mol. The molecule has 0 aliphatic rings. The Morgan fingerprint density at radius 1 is 1.57 bits per heavy atom. The highest BCUT2D eigenvalue weighted by Crippen LogP contribution is 2.32. The first-order valence-electron chi connectivity index (χ1n) is 4.46. The molecule has 0 fully saturated rings. The lowest BCUT2D eigenvalue weighted by molar-refractivity contribution is 0.0552. The van der Waals surface area contributed by atoms with E-state index in [2.05, 4.69) is 20.9 Å². The zero-order chi connectivity index (χ0) is 10.8. The van der Waals surface area contributed by atoms with E-state index in [-0.39, 0.29) is 5.41 Å². The number of aromatic nitrogens is 1. The summed E-state index contributed by atoms with van der Waals surface area (Å²) in [6.07, 6.45) is 2.76. The van der Waals surface area contributed by atoms with Gasteiger partial charge in [0, 0.05) is 34.4 Å². The Hall–Kier alpha value is -0.450. The van der Waals surface area contributed by atoms with Gasteiger partial charge in [-0.25, -0.2) is 0 Å². The largest absolute Gasteiger partial charge is 0.388 e. The zero-order valence-electron chi connectivity index (χ0n) is 8.37. The number of halogens is 1. The van der Waals surface area contributed by atoms with Gasteiger partial charge in [-0.05, 0) is 22.0 Å². The summed E-state index contributed by atoms with van der Waals surface area (Å²) in [5.74, 6) is 0. The molecule has 4 heteroatoms. The van der Waals surface area contributed by atoms with Gasteiger partial charge in [0.25, 0.3) is 0 Å². The summed E-state index contributed by atoms with van der Waals surface area (Å²) >= 11 is 3.31. The van der Waals surface area contributed by atoms with Gasteiger partial charge >= 0.3 is 0 Å². The van der Waals surface area contributed by atoms with Crippen LogP contribution in [-0.4, -0.2) is 16.6 Å². The van der Waals surface area contributed by atoms with Crippen LogP contribution in [0, 0.1) is 5.41 Å². The predicted molar refractivity (Wildman–Crippen MR) is 59.7 cm³/mol. The van der Waals surface area contributed by atoms with Crippen LogP contribution in [0.3, 0.4) is 0 Å². The van der Waals surface area contributed by atoms with Gasteiger partial charge in [-0.15, -0.1) is 0 Å². The van der Waals surface area contributed by atoms with Crippen molar-refractivity contribution in [3.8, 4) is 0 Å². The predicted octanol–water partition coefficient (Wildman–Crippen LogP) is 1.86. The van der Waals surface area contributed by atoms with Gasteiger partial charge in [0.2, 0.25) is 0 Å². The third-order valence-corrected chi connectivity index (χ3v) is 2.74. The van der Waals surface area contributed by atoms with Crippen molar-refractivity contribution < 1.29 is 5.11 Å². The fraction of sp³-hybridized carbons (Fsp3) is 0.500. The van der Waals surface area contributed by atoms with Gasteiger partial charge in [0.15, 0.2) is 0 Å². The minimum absolute atomic E-state index is 0.331. The molecule has 78 valence electrons. The van der Waals surface area contributed by atoms with Gasteiger partial charge in [0.1, 0.15) is 0 Å². The molecule has 3 N–H and O–H groups in total. The summed E-state index contributed by atoms with van der Waals surface area (Å²) in [5.41, 5.74) is 6.05. The molecule has 0 aliphatic carbocycles. The molecule has 1 aromatic rings. The molecule has 3 nitrogen and oxygen atoms in total. The Labute approximate surface area is 92.5 Å². The highest BCUT2D eigenvalue weighted by atomic mass is 79.9. The Morgan fingerprint density at radius 2 is 2.21 bits per heavy atom. The minimum Gasteiger partial charge on any atom is -0.388 e. The van der Waals surface area contributed by atoms with E-state index >= 15 is 0 Å². The molecule has 1 unspecified atom stereocenters. The molecule has 0 spiro atoms. The first-order valence-corrected chi connectivity index (χ1v) is 5.25. The van der Waals surface area contributed by atoms with E-state index in [4.69, 9.17) is 5.73 Å². The summed E-state index contributed by atoms with van der Waals surface area (Å²) in [7, 11) is 0. The third-order valence-electron chi connectivity index (χ3n) is 2.31. The lowest BCUT2D eigenvalue weighted by Crippen LogP contribution is -2.30. The molecule has 0 saturated heterocycles. The van der Waals surface area contributed by atoms with Crippen LogP contribution >= 0.6 is 15.9 Å². The Bertz CT molecular complexity index is 315. The fourth-order valence-electron chi connectivity index (χ4n) is 1.14. The van der Waals surface area contributed by atoms with E-state index < -0.39 is 6.10 Å². The van der Waals surface area contributed by atoms with E-state index in [1.165, 1.54) is 0 Å². The van der Waals surface area contributed by atoms with Gasteiger partial charge in [-0.2, -0.15) is 0 Å². The number of nitrogens with two attached hydrogens (primary N) is 1. The minimum atomic E-state index is -0.586. The first kappa shape index (κ1) is 11.6. The molecule has 1 rings (SSSR count). The fourth-order valence-corrected chi connectivity index (χ4v) is 1.52. The average Bonchev–Trinajstić information content (AvgIpc) is 2.16. The van der Waals surface area contributed by atoms with E-state index in [1.54, 1.807) is 12.4 Å². The summed E-state index contributed by atoms with van der Waals surface area (Å²) in [6.45, 7) is 4.29. The van der Waals surface area contributed by atoms with Gasteiger partial charge in [-0.1, -0.05) is 13.8 Å². The van der Waals surface area contributed by atoms with E-state index in [1.807, 2.05) is 19.9 Å². The maximum Gasteiger partial charge on any atom is 0.0868 e. The Balaban J connectivity index is 2.94. The number of hydrogen-bond donors (Lipinski definition) is 2. The van der Waals surface area contributed by atoms with Crippen molar-refractivity contribution in [2.24, 2.45) is 11.1 Å². The summed E-state index contributed by atoms with van der Waals surface area (Å²) < 4.78 is 0.863. The summed E-state index contributed by atoms with van der Waals surface area (Å²) in [5, 5.41) is 10.0. The highest BCUT2D eigenvalue weighted by molar-refractivity contribution is 9.10. The van der Waals surface area contributed by atoms with Crippen molar-refractivity contribution in [3.63, 3.8) is 0 Å². The van der Waals surface area contributed by atoms with E-state index in [0.717, 1.165) is 10.0 Å². The van der Waals surface area contributed by atoms with Crippen LogP contribution in [0.1, 0.15) is 25.5 Å². The summed E-state index contributed by atoms with van der Waals surface area (Å²) in [4.78, 5) is 4.01. The lowest BCUT2D eigenvalue weighted by atomic mass is 9.83. The van der Waals surface area contributed by atoms with Crippen LogP contribution in [0.5, 0.6) is 0 Å². The van der Waals surface area contributed by atoms with Crippen LogP contribution in [0.2, 0.25) is 0 Å². The number of nitrogens with zero attached hydrogens (tertiary/aromatic N) is 1. The highest BCUT2D eigenvalue weighted by Gasteiger charge is 2.27. The van der Waals surface area contributed by atoms with Gasteiger partial charge in [-0.3, -0.25) is 4.98 Å². The molecule has 14 heavy (non-hydrogen) atoms. The smallest absolute Gasteiger partial charge is 0.0868 e. The van der Waals surface area contributed by atoms with Crippen LogP contribution in [0.25, 0.3) is 0 Å². The van der Waals surface area contributed by atoms with Crippen LogP contribution in [0.15, 0.2) is 22.9 Å².